The third kappa shape index (κ3) is 3.99. The Morgan fingerprint density at radius 2 is 1.87 bits per heavy atom. The van der Waals surface area contributed by atoms with Gasteiger partial charge in [0.05, 0.1) is 5.69 Å². The number of aromatic nitrogens is 2. The average Bonchev–Trinajstić information content (AvgIpc) is 2.89. The van der Waals surface area contributed by atoms with Crippen molar-refractivity contribution in [3.8, 4) is 0 Å². The number of hydrogen-bond donors (Lipinski definition) is 1. The Hall–Kier alpha value is -2.14. The van der Waals surface area contributed by atoms with Crippen molar-refractivity contribution < 1.29 is 4.79 Å². The maximum atomic E-state index is 12.3. The highest BCUT2D eigenvalue weighted by Crippen LogP contribution is 2.16. The Morgan fingerprint density at radius 1 is 1.17 bits per heavy atom. The summed E-state index contributed by atoms with van der Waals surface area (Å²) < 4.78 is 1.61. The summed E-state index contributed by atoms with van der Waals surface area (Å²) in [4.78, 5) is 14.8. The Morgan fingerprint density at radius 3 is 2.48 bits per heavy atom. The first-order chi connectivity index (χ1) is 11.1. The lowest BCUT2D eigenvalue weighted by atomic mass is 10.1. The van der Waals surface area contributed by atoms with E-state index < -0.39 is 0 Å². The summed E-state index contributed by atoms with van der Waals surface area (Å²) in [6, 6.07) is 9.93. The Labute approximate surface area is 137 Å². The zero-order chi connectivity index (χ0) is 16.2. The van der Waals surface area contributed by atoms with Crippen LogP contribution < -0.4 is 5.32 Å². The van der Waals surface area contributed by atoms with Crippen LogP contribution in [0, 0.1) is 6.92 Å². The van der Waals surface area contributed by atoms with Gasteiger partial charge >= 0.3 is 0 Å². The van der Waals surface area contributed by atoms with Gasteiger partial charge in [0, 0.05) is 19.3 Å². The molecule has 1 amide bonds. The van der Waals surface area contributed by atoms with Gasteiger partial charge in [-0.2, -0.15) is 5.10 Å². The monoisotopic (exact) mass is 312 g/mol. The van der Waals surface area contributed by atoms with Crippen molar-refractivity contribution >= 4 is 11.6 Å². The smallest absolute Gasteiger partial charge is 0.273 e. The summed E-state index contributed by atoms with van der Waals surface area (Å²) >= 11 is 0. The molecule has 5 nitrogen and oxygen atoms in total. The van der Waals surface area contributed by atoms with E-state index in [1.54, 1.807) is 17.8 Å². The minimum atomic E-state index is -0.128. The zero-order valence-electron chi connectivity index (χ0n) is 13.9. The molecule has 23 heavy (non-hydrogen) atoms. The summed E-state index contributed by atoms with van der Waals surface area (Å²) in [5.74, 6) is -0.128. The molecule has 0 aliphatic carbocycles. The summed E-state index contributed by atoms with van der Waals surface area (Å²) in [6.45, 7) is 5.26. The quantitative estimate of drug-likeness (QED) is 0.944. The number of rotatable bonds is 4. The normalized spacial score (nSPS) is 15.6. The second-order valence-corrected chi connectivity index (χ2v) is 6.28. The number of piperidine rings is 1. The number of hydrogen-bond acceptors (Lipinski definition) is 3. The van der Waals surface area contributed by atoms with E-state index in [0.29, 0.717) is 5.69 Å². The molecule has 1 N–H and O–H groups in total. The van der Waals surface area contributed by atoms with Gasteiger partial charge in [-0.1, -0.05) is 18.6 Å². The van der Waals surface area contributed by atoms with Crippen LogP contribution in [0.5, 0.6) is 0 Å². The van der Waals surface area contributed by atoms with Crippen LogP contribution in [0.15, 0.2) is 30.3 Å². The van der Waals surface area contributed by atoms with E-state index in [0.717, 1.165) is 17.9 Å². The van der Waals surface area contributed by atoms with E-state index in [4.69, 9.17) is 0 Å². The van der Waals surface area contributed by atoms with E-state index in [1.165, 1.54) is 37.9 Å². The molecule has 0 bridgehead atoms. The van der Waals surface area contributed by atoms with Gasteiger partial charge in [0.15, 0.2) is 0 Å². The molecule has 1 aromatic carbocycles. The molecule has 1 aliphatic rings. The fourth-order valence-electron chi connectivity index (χ4n) is 3.09. The molecule has 1 saturated heterocycles. The first kappa shape index (κ1) is 15.7. The van der Waals surface area contributed by atoms with E-state index in [9.17, 15) is 4.79 Å². The number of benzene rings is 1. The molecule has 5 heteroatoms. The topological polar surface area (TPSA) is 50.2 Å². The highest BCUT2D eigenvalue weighted by molar-refractivity contribution is 6.03. The molecular weight excluding hydrogens is 288 g/mol. The standard InChI is InChI=1S/C18H24N4O/c1-14-12-17(21(2)20-14)18(23)19-16-8-6-15(7-9-16)13-22-10-4-3-5-11-22/h6-9,12H,3-5,10-11,13H2,1-2H3,(H,19,23). The fraction of sp³-hybridized carbons (Fsp3) is 0.444. The van der Waals surface area contributed by atoms with Crippen LogP contribution in [-0.4, -0.2) is 33.7 Å². The molecule has 1 aromatic heterocycles. The fourth-order valence-corrected chi connectivity index (χ4v) is 3.09. The van der Waals surface area contributed by atoms with Crippen LogP contribution in [0.2, 0.25) is 0 Å². The van der Waals surface area contributed by atoms with Gasteiger partial charge in [-0.15, -0.1) is 0 Å². The van der Waals surface area contributed by atoms with Crippen LogP contribution in [-0.2, 0) is 13.6 Å². The molecule has 0 spiro atoms. The predicted octanol–water partition coefficient (Wildman–Crippen LogP) is 2.97. The van der Waals surface area contributed by atoms with Gasteiger partial charge in [0.2, 0.25) is 0 Å². The number of nitrogens with one attached hydrogen (secondary N) is 1. The molecule has 0 radical (unpaired) electrons. The van der Waals surface area contributed by atoms with Crippen molar-refractivity contribution in [1.82, 2.24) is 14.7 Å². The third-order valence-electron chi connectivity index (χ3n) is 4.30. The Kier molecular flexibility index (Phi) is 4.76. The number of carbonyl (C=O) groups is 1. The van der Waals surface area contributed by atoms with Crippen LogP contribution >= 0.6 is 0 Å². The minimum Gasteiger partial charge on any atom is -0.321 e. The second-order valence-electron chi connectivity index (χ2n) is 6.28. The number of nitrogens with zero attached hydrogens (tertiary/aromatic N) is 3. The molecule has 1 aliphatic heterocycles. The van der Waals surface area contributed by atoms with Gasteiger partial charge in [0.25, 0.3) is 5.91 Å². The number of aryl methyl sites for hydroxylation is 2. The molecule has 0 saturated carbocycles. The number of anilines is 1. The Bertz CT molecular complexity index is 669. The summed E-state index contributed by atoms with van der Waals surface area (Å²) in [7, 11) is 1.78. The number of likely N-dealkylation sites (tertiary alicyclic amines) is 1. The maximum Gasteiger partial charge on any atom is 0.273 e. The number of carbonyl (C=O) groups excluding carboxylic acids is 1. The molecule has 1 fully saturated rings. The lowest BCUT2D eigenvalue weighted by Crippen LogP contribution is -2.29. The van der Waals surface area contributed by atoms with Gasteiger partial charge in [0.1, 0.15) is 5.69 Å². The first-order valence-corrected chi connectivity index (χ1v) is 8.25. The van der Waals surface area contributed by atoms with Crippen LogP contribution in [0.4, 0.5) is 5.69 Å². The minimum absolute atomic E-state index is 0.128. The summed E-state index contributed by atoms with van der Waals surface area (Å²) in [5.41, 5.74) is 3.52. The third-order valence-corrected chi connectivity index (χ3v) is 4.30. The van der Waals surface area contributed by atoms with E-state index in [2.05, 4.69) is 27.4 Å². The predicted molar refractivity (Wildman–Crippen MR) is 91.5 cm³/mol. The van der Waals surface area contributed by atoms with Crippen molar-refractivity contribution in [1.29, 1.82) is 0 Å². The first-order valence-electron chi connectivity index (χ1n) is 8.25. The van der Waals surface area contributed by atoms with Crippen molar-refractivity contribution in [2.24, 2.45) is 7.05 Å². The maximum absolute atomic E-state index is 12.3. The summed E-state index contributed by atoms with van der Waals surface area (Å²) in [6.07, 6.45) is 3.96. The molecule has 3 rings (SSSR count). The Balaban J connectivity index is 1.60. The molecule has 122 valence electrons. The van der Waals surface area contributed by atoms with Crippen LogP contribution in [0.3, 0.4) is 0 Å². The molecule has 2 heterocycles. The van der Waals surface area contributed by atoms with Gasteiger partial charge in [-0.25, -0.2) is 0 Å². The van der Waals surface area contributed by atoms with Crippen molar-refractivity contribution in [3.63, 3.8) is 0 Å². The molecule has 2 aromatic rings. The van der Waals surface area contributed by atoms with Gasteiger partial charge in [-0.3, -0.25) is 14.4 Å². The van der Waals surface area contributed by atoms with E-state index in [1.807, 2.05) is 19.1 Å². The SMILES string of the molecule is Cc1cc(C(=O)Nc2ccc(CN3CCCCC3)cc2)n(C)n1. The lowest BCUT2D eigenvalue weighted by molar-refractivity contribution is 0.101. The summed E-state index contributed by atoms with van der Waals surface area (Å²) in [5, 5.41) is 7.13. The second kappa shape index (κ2) is 6.96. The van der Waals surface area contributed by atoms with Crippen LogP contribution in [0.1, 0.15) is 41.0 Å². The largest absolute Gasteiger partial charge is 0.321 e. The van der Waals surface area contributed by atoms with Crippen molar-refractivity contribution in [3.05, 3.63) is 47.3 Å². The van der Waals surface area contributed by atoms with Crippen molar-refractivity contribution in [2.45, 2.75) is 32.7 Å². The average molecular weight is 312 g/mol. The molecule has 0 atom stereocenters. The van der Waals surface area contributed by atoms with E-state index >= 15 is 0 Å². The molecular formula is C18H24N4O. The zero-order valence-corrected chi connectivity index (χ0v) is 13.9. The van der Waals surface area contributed by atoms with Gasteiger partial charge in [-0.05, 0) is 56.6 Å². The van der Waals surface area contributed by atoms with Gasteiger partial charge < -0.3 is 5.32 Å². The number of amides is 1. The molecule has 0 unspecified atom stereocenters. The highest BCUT2D eigenvalue weighted by Gasteiger charge is 2.13. The lowest BCUT2D eigenvalue weighted by Gasteiger charge is -2.26. The van der Waals surface area contributed by atoms with Crippen LogP contribution in [0.25, 0.3) is 0 Å². The van der Waals surface area contributed by atoms with E-state index in [-0.39, 0.29) is 5.91 Å². The highest BCUT2D eigenvalue weighted by atomic mass is 16.2. The van der Waals surface area contributed by atoms with Crippen molar-refractivity contribution in [2.75, 3.05) is 18.4 Å².